The molecule has 21 heavy (non-hydrogen) atoms. The Morgan fingerprint density at radius 2 is 1.95 bits per heavy atom. The summed E-state index contributed by atoms with van der Waals surface area (Å²) in [6.45, 7) is 5.75. The summed E-state index contributed by atoms with van der Waals surface area (Å²) >= 11 is 0. The van der Waals surface area contributed by atoms with Crippen molar-refractivity contribution in [3.05, 3.63) is 70.3 Å². The van der Waals surface area contributed by atoms with Crippen molar-refractivity contribution in [2.75, 3.05) is 0 Å². The normalized spacial score (nSPS) is 11.6. The van der Waals surface area contributed by atoms with E-state index >= 15 is 0 Å². The summed E-state index contributed by atoms with van der Waals surface area (Å²) in [5.74, 6) is 0.136. The average Bonchev–Trinajstić information content (AvgIpc) is 2.48. The van der Waals surface area contributed by atoms with Crippen molar-refractivity contribution in [2.24, 2.45) is 10.9 Å². The number of nitrogens with one attached hydrogen (secondary N) is 1. The molecule has 0 aliphatic carbocycles. The monoisotopic (exact) mass is 283 g/mol. The number of amidine groups is 1. The highest BCUT2D eigenvalue weighted by atomic mass is 16.4. The lowest BCUT2D eigenvalue weighted by Gasteiger charge is -2.10. The molecule has 0 fully saturated rings. The molecule has 110 valence electrons. The quantitative estimate of drug-likeness (QED) is 0.342. The van der Waals surface area contributed by atoms with Gasteiger partial charge in [-0.15, -0.1) is 0 Å². The Morgan fingerprint density at radius 3 is 2.62 bits per heavy atom. The van der Waals surface area contributed by atoms with E-state index in [-0.39, 0.29) is 5.84 Å². The molecule has 2 aromatic carbocycles. The van der Waals surface area contributed by atoms with Gasteiger partial charge in [-0.25, -0.2) is 0 Å². The molecule has 0 unspecified atom stereocenters. The minimum absolute atomic E-state index is 0.136. The second-order valence-corrected chi connectivity index (χ2v) is 5.22. The zero-order chi connectivity index (χ0) is 15.2. The van der Waals surface area contributed by atoms with Gasteiger partial charge < -0.3 is 16.3 Å². The summed E-state index contributed by atoms with van der Waals surface area (Å²) in [6.07, 6.45) is 0. The van der Waals surface area contributed by atoms with Crippen LogP contribution in [0.2, 0.25) is 0 Å². The van der Waals surface area contributed by atoms with Crippen molar-refractivity contribution in [3.8, 4) is 0 Å². The van der Waals surface area contributed by atoms with Crippen LogP contribution in [0.25, 0.3) is 0 Å². The first-order valence-electron chi connectivity index (χ1n) is 6.94. The van der Waals surface area contributed by atoms with Crippen molar-refractivity contribution >= 4 is 5.84 Å². The predicted molar refractivity (Wildman–Crippen MR) is 85.4 cm³/mol. The van der Waals surface area contributed by atoms with Gasteiger partial charge in [0.2, 0.25) is 0 Å². The van der Waals surface area contributed by atoms with E-state index in [0.29, 0.717) is 0 Å². The van der Waals surface area contributed by atoms with Crippen LogP contribution in [0.4, 0.5) is 0 Å². The SMILES string of the molecule is Cc1cccc(CNCc2ccc(/C(N)=N/O)cc2C)c1. The zero-order valence-electron chi connectivity index (χ0n) is 12.4. The van der Waals surface area contributed by atoms with Gasteiger partial charge in [0.1, 0.15) is 0 Å². The molecule has 0 atom stereocenters. The van der Waals surface area contributed by atoms with Crippen LogP contribution in [0.1, 0.15) is 27.8 Å². The van der Waals surface area contributed by atoms with Crippen molar-refractivity contribution in [2.45, 2.75) is 26.9 Å². The van der Waals surface area contributed by atoms with Crippen LogP contribution in [0.3, 0.4) is 0 Å². The summed E-state index contributed by atoms with van der Waals surface area (Å²) in [5, 5.41) is 15.1. The number of aryl methyl sites for hydroxylation is 2. The van der Waals surface area contributed by atoms with E-state index < -0.39 is 0 Å². The van der Waals surface area contributed by atoms with Crippen molar-refractivity contribution < 1.29 is 5.21 Å². The number of nitrogens with zero attached hydrogens (tertiary/aromatic N) is 1. The average molecular weight is 283 g/mol. The van der Waals surface area contributed by atoms with Crippen LogP contribution in [0.15, 0.2) is 47.6 Å². The van der Waals surface area contributed by atoms with Gasteiger partial charge in [0.25, 0.3) is 0 Å². The number of hydrogen-bond donors (Lipinski definition) is 3. The first-order valence-corrected chi connectivity index (χ1v) is 6.94. The summed E-state index contributed by atoms with van der Waals surface area (Å²) in [5.41, 5.74) is 11.2. The fourth-order valence-electron chi connectivity index (χ4n) is 2.27. The van der Waals surface area contributed by atoms with Gasteiger partial charge in [0.05, 0.1) is 0 Å². The van der Waals surface area contributed by atoms with Crippen molar-refractivity contribution in [3.63, 3.8) is 0 Å². The van der Waals surface area contributed by atoms with E-state index in [4.69, 9.17) is 10.9 Å². The van der Waals surface area contributed by atoms with Crippen LogP contribution in [0.5, 0.6) is 0 Å². The molecule has 0 heterocycles. The third-order valence-corrected chi connectivity index (χ3v) is 3.47. The van der Waals surface area contributed by atoms with E-state index in [1.54, 1.807) is 0 Å². The summed E-state index contributed by atoms with van der Waals surface area (Å²) in [7, 11) is 0. The number of oxime groups is 1. The van der Waals surface area contributed by atoms with Crippen LogP contribution < -0.4 is 11.1 Å². The number of rotatable bonds is 5. The van der Waals surface area contributed by atoms with E-state index in [0.717, 1.165) is 24.2 Å². The van der Waals surface area contributed by atoms with Crippen LogP contribution in [0, 0.1) is 13.8 Å². The fraction of sp³-hybridized carbons (Fsp3) is 0.235. The standard InChI is InChI=1S/C17H21N3O/c1-12-4-3-5-14(8-12)10-19-11-16-7-6-15(9-13(16)2)17(18)20-21/h3-9,19,21H,10-11H2,1-2H3,(H2,18,20). The fourth-order valence-corrected chi connectivity index (χ4v) is 2.27. The molecule has 4 N–H and O–H groups in total. The Morgan fingerprint density at radius 1 is 1.14 bits per heavy atom. The molecular weight excluding hydrogens is 262 g/mol. The first-order chi connectivity index (χ1) is 10.1. The maximum absolute atomic E-state index is 8.69. The maximum Gasteiger partial charge on any atom is 0.170 e. The summed E-state index contributed by atoms with van der Waals surface area (Å²) in [4.78, 5) is 0. The lowest BCUT2D eigenvalue weighted by molar-refractivity contribution is 0.318. The molecule has 2 rings (SSSR count). The van der Waals surface area contributed by atoms with E-state index in [2.05, 4.69) is 41.7 Å². The number of hydrogen-bond acceptors (Lipinski definition) is 3. The van der Waals surface area contributed by atoms with Gasteiger partial charge in [-0.05, 0) is 36.6 Å². The molecule has 0 saturated carbocycles. The Labute approximate surface area is 125 Å². The second kappa shape index (κ2) is 6.90. The Kier molecular flexibility index (Phi) is 4.95. The molecule has 0 bridgehead atoms. The largest absolute Gasteiger partial charge is 0.409 e. The molecule has 0 aliphatic rings. The number of nitrogens with two attached hydrogens (primary N) is 1. The minimum Gasteiger partial charge on any atom is -0.409 e. The molecule has 0 saturated heterocycles. The smallest absolute Gasteiger partial charge is 0.170 e. The molecule has 0 aliphatic heterocycles. The highest BCUT2D eigenvalue weighted by Crippen LogP contribution is 2.11. The Bertz CT molecular complexity index is 650. The lowest BCUT2D eigenvalue weighted by atomic mass is 10.0. The highest BCUT2D eigenvalue weighted by Gasteiger charge is 2.03. The number of benzene rings is 2. The van der Waals surface area contributed by atoms with Gasteiger partial charge in [0.15, 0.2) is 5.84 Å². The minimum atomic E-state index is 0.136. The van der Waals surface area contributed by atoms with E-state index in [1.165, 1.54) is 16.7 Å². The Hall–Kier alpha value is -2.33. The van der Waals surface area contributed by atoms with Crippen LogP contribution >= 0.6 is 0 Å². The van der Waals surface area contributed by atoms with Gasteiger partial charge in [-0.3, -0.25) is 0 Å². The van der Waals surface area contributed by atoms with Gasteiger partial charge >= 0.3 is 0 Å². The van der Waals surface area contributed by atoms with Gasteiger partial charge in [-0.2, -0.15) is 0 Å². The summed E-state index contributed by atoms with van der Waals surface area (Å²) in [6, 6.07) is 14.3. The molecular formula is C17H21N3O. The van der Waals surface area contributed by atoms with Crippen LogP contribution in [-0.4, -0.2) is 11.0 Å². The van der Waals surface area contributed by atoms with E-state index in [9.17, 15) is 0 Å². The van der Waals surface area contributed by atoms with Gasteiger partial charge in [-0.1, -0.05) is 47.1 Å². The zero-order valence-corrected chi connectivity index (χ0v) is 12.4. The third-order valence-electron chi connectivity index (χ3n) is 3.47. The highest BCUT2D eigenvalue weighted by molar-refractivity contribution is 5.97. The van der Waals surface area contributed by atoms with E-state index in [1.807, 2.05) is 25.1 Å². The molecule has 0 spiro atoms. The molecule has 4 heteroatoms. The Balaban J connectivity index is 1.97. The van der Waals surface area contributed by atoms with Crippen molar-refractivity contribution in [1.82, 2.24) is 5.32 Å². The predicted octanol–water partition coefficient (Wildman–Crippen LogP) is 2.69. The molecule has 0 aromatic heterocycles. The topological polar surface area (TPSA) is 70.6 Å². The first kappa shape index (κ1) is 15.1. The lowest BCUT2D eigenvalue weighted by Crippen LogP contribution is -2.16. The van der Waals surface area contributed by atoms with Crippen molar-refractivity contribution in [1.29, 1.82) is 0 Å². The molecule has 0 amide bonds. The molecule has 2 aromatic rings. The summed E-state index contributed by atoms with van der Waals surface area (Å²) < 4.78 is 0. The molecule has 4 nitrogen and oxygen atoms in total. The van der Waals surface area contributed by atoms with Gasteiger partial charge in [0, 0.05) is 18.7 Å². The maximum atomic E-state index is 8.69. The third kappa shape index (κ3) is 4.07. The van der Waals surface area contributed by atoms with Crippen LogP contribution in [-0.2, 0) is 13.1 Å². The second-order valence-electron chi connectivity index (χ2n) is 5.22. The molecule has 0 radical (unpaired) electrons.